The van der Waals surface area contributed by atoms with Crippen molar-refractivity contribution in [1.82, 2.24) is 9.88 Å². The summed E-state index contributed by atoms with van der Waals surface area (Å²) in [6.07, 6.45) is -3.56. The quantitative estimate of drug-likeness (QED) is 0.878. The van der Waals surface area contributed by atoms with E-state index in [0.29, 0.717) is 13.0 Å². The molecule has 2 rings (SSSR count). The molecule has 1 aliphatic rings. The van der Waals surface area contributed by atoms with Crippen LogP contribution in [0.4, 0.5) is 24.5 Å². The number of anilines is 2. The zero-order valence-corrected chi connectivity index (χ0v) is 11.9. The summed E-state index contributed by atoms with van der Waals surface area (Å²) in [5.41, 5.74) is 5.27. The maximum Gasteiger partial charge on any atom is 0.433 e. The third-order valence-electron chi connectivity index (χ3n) is 3.48. The summed E-state index contributed by atoms with van der Waals surface area (Å²) in [5, 5.41) is 9.83. The summed E-state index contributed by atoms with van der Waals surface area (Å²) in [7, 11) is 3.75. The molecule has 21 heavy (non-hydrogen) atoms. The first kappa shape index (κ1) is 15.8. The van der Waals surface area contributed by atoms with Gasteiger partial charge in [-0.1, -0.05) is 0 Å². The van der Waals surface area contributed by atoms with Gasteiger partial charge in [-0.05, 0) is 26.6 Å². The molecule has 0 amide bonds. The number of likely N-dealkylation sites (N-methyl/N-ethyl adjacent to an activating group) is 1. The number of aromatic nitrogens is 1. The Morgan fingerprint density at radius 2 is 2.14 bits per heavy atom. The number of β-amino-alcohol motifs (C(OH)–C–C–N with tert-alkyl or cyclic N) is 1. The van der Waals surface area contributed by atoms with Gasteiger partial charge in [0.2, 0.25) is 0 Å². The number of nitrogens with zero attached hydrogens (tertiary/aromatic N) is 3. The molecule has 0 radical (unpaired) electrons. The molecular formula is C13H19F3N4O. The van der Waals surface area contributed by atoms with Gasteiger partial charge < -0.3 is 20.6 Å². The van der Waals surface area contributed by atoms with Crippen molar-refractivity contribution in [1.29, 1.82) is 0 Å². The Labute approximate surface area is 121 Å². The highest BCUT2D eigenvalue weighted by Gasteiger charge is 2.36. The van der Waals surface area contributed by atoms with Crippen molar-refractivity contribution in [2.24, 2.45) is 0 Å². The van der Waals surface area contributed by atoms with E-state index in [1.807, 2.05) is 19.0 Å². The predicted octanol–water partition coefficient (Wildman–Crippen LogP) is 1.18. The number of halogens is 3. The Bertz CT molecular complexity index is 507. The Morgan fingerprint density at radius 3 is 2.71 bits per heavy atom. The summed E-state index contributed by atoms with van der Waals surface area (Å²) >= 11 is 0. The van der Waals surface area contributed by atoms with Crippen LogP contribution in [0.15, 0.2) is 12.3 Å². The van der Waals surface area contributed by atoms with Gasteiger partial charge in [-0.2, -0.15) is 13.2 Å². The second-order valence-corrected chi connectivity index (χ2v) is 5.58. The van der Waals surface area contributed by atoms with Crippen LogP contribution in [0.5, 0.6) is 0 Å². The molecule has 0 aliphatic carbocycles. The van der Waals surface area contributed by atoms with Crippen LogP contribution in [-0.4, -0.2) is 54.3 Å². The third-order valence-corrected chi connectivity index (χ3v) is 3.48. The van der Waals surface area contributed by atoms with E-state index in [-0.39, 0.29) is 24.0 Å². The third kappa shape index (κ3) is 3.56. The molecule has 0 saturated carbocycles. The van der Waals surface area contributed by atoms with Gasteiger partial charge in [0.25, 0.3) is 0 Å². The molecule has 0 spiro atoms. The van der Waals surface area contributed by atoms with Crippen LogP contribution >= 0.6 is 0 Å². The van der Waals surface area contributed by atoms with Crippen molar-refractivity contribution in [2.45, 2.75) is 24.7 Å². The lowest BCUT2D eigenvalue weighted by molar-refractivity contribution is -0.141. The molecule has 8 heteroatoms. The highest BCUT2D eigenvalue weighted by Crippen LogP contribution is 2.35. The molecular weight excluding hydrogens is 285 g/mol. The van der Waals surface area contributed by atoms with Crippen LogP contribution in [0.2, 0.25) is 0 Å². The molecule has 1 aliphatic heterocycles. The van der Waals surface area contributed by atoms with E-state index in [9.17, 15) is 18.3 Å². The summed E-state index contributed by atoms with van der Waals surface area (Å²) in [4.78, 5) is 7.00. The van der Waals surface area contributed by atoms with Crippen LogP contribution < -0.4 is 10.6 Å². The second kappa shape index (κ2) is 5.69. The van der Waals surface area contributed by atoms with Crippen molar-refractivity contribution in [3.8, 4) is 0 Å². The van der Waals surface area contributed by atoms with Crippen LogP contribution in [0.3, 0.4) is 0 Å². The number of aliphatic hydroxyl groups excluding tert-OH is 1. The first-order valence-electron chi connectivity index (χ1n) is 6.60. The lowest BCUT2D eigenvalue weighted by atomic mass is 10.1. The van der Waals surface area contributed by atoms with Gasteiger partial charge in [-0.15, -0.1) is 0 Å². The maximum atomic E-state index is 12.8. The van der Waals surface area contributed by atoms with Crippen LogP contribution in [0.25, 0.3) is 0 Å². The zero-order chi connectivity index (χ0) is 15.8. The average Bonchev–Trinajstić information content (AvgIpc) is 2.68. The van der Waals surface area contributed by atoms with Crippen LogP contribution in [0.1, 0.15) is 12.1 Å². The molecule has 2 heterocycles. The van der Waals surface area contributed by atoms with Gasteiger partial charge >= 0.3 is 6.18 Å². The van der Waals surface area contributed by atoms with Gasteiger partial charge in [0.15, 0.2) is 0 Å². The van der Waals surface area contributed by atoms with Crippen LogP contribution in [-0.2, 0) is 6.18 Å². The molecule has 5 nitrogen and oxygen atoms in total. The maximum absolute atomic E-state index is 12.8. The fourth-order valence-electron chi connectivity index (χ4n) is 2.64. The number of alkyl halides is 3. The van der Waals surface area contributed by atoms with Crippen molar-refractivity contribution in [3.63, 3.8) is 0 Å². The molecule has 118 valence electrons. The number of hydrogen-bond acceptors (Lipinski definition) is 5. The minimum absolute atomic E-state index is 0.0826. The molecule has 1 saturated heterocycles. The normalized spacial score (nSPS) is 23.1. The highest BCUT2D eigenvalue weighted by atomic mass is 19.4. The smallest absolute Gasteiger partial charge is 0.396 e. The van der Waals surface area contributed by atoms with Crippen molar-refractivity contribution < 1.29 is 18.3 Å². The summed E-state index contributed by atoms with van der Waals surface area (Å²) in [5.74, 6) is 0. The molecule has 1 aromatic rings. The van der Waals surface area contributed by atoms with Crippen molar-refractivity contribution in [3.05, 3.63) is 18.0 Å². The number of aliphatic hydroxyl groups is 1. The van der Waals surface area contributed by atoms with E-state index in [1.165, 1.54) is 0 Å². The molecule has 1 fully saturated rings. The molecule has 1 aromatic heterocycles. The lowest BCUT2D eigenvalue weighted by Gasteiger charge is -2.30. The average molecular weight is 304 g/mol. The van der Waals surface area contributed by atoms with Crippen LogP contribution in [0, 0.1) is 0 Å². The monoisotopic (exact) mass is 304 g/mol. The fourth-order valence-corrected chi connectivity index (χ4v) is 2.64. The highest BCUT2D eigenvalue weighted by molar-refractivity contribution is 5.68. The molecule has 0 aromatic carbocycles. The Balaban J connectivity index is 2.35. The Morgan fingerprint density at radius 1 is 1.48 bits per heavy atom. The largest absolute Gasteiger partial charge is 0.433 e. The minimum atomic E-state index is -4.52. The Kier molecular flexibility index (Phi) is 4.29. The van der Waals surface area contributed by atoms with Gasteiger partial charge in [0.1, 0.15) is 5.69 Å². The number of rotatable bonds is 3. The number of nitrogen functional groups attached to an aromatic ring is 1. The van der Waals surface area contributed by atoms with E-state index in [0.717, 1.165) is 12.3 Å². The summed E-state index contributed by atoms with van der Waals surface area (Å²) < 4.78 is 38.4. The molecule has 3 N–H and O–H groups in total. The van der Waals surface area contributed by atoms with Gasteiger partial charge in [0.05, 0.1) is 23.7 Å². The summed E-state index contributed by atoms with van der Waals surface area (Å²) in [6.45, 7) is 0.893. The predicted molar refractivity (Wildman–Crippen MR) is 74.0 cm³/mol. The van der Waals surface area contributed by atoms with E-state index in [1.54, 1.807) is 4.90 Å². The van der Waals surface area contributed by atoms with Crippen molar-refractivity contribution >= 4 is 11.4 Å². The topological polar surface area (TPSA) is 65.6 Å². The van der Waals surface area contributed by atoms with E-state index in [4.69, 9.17) is 5.73 Å². The molecule has 0 bridgehead atoms. The van der Waals surface area contributed by atoms with Gasteiger partial charge in [-0.25, -0.2) is 4.98 Å². The zero-order valence-electron chi connectivity index (χ0n) is 11.9. The van der Waals surface area contributed by atoms with E-state index < -0.39 is 18.0 Å². The Hall–Kier alpha value is -1.54. The lowest BCUT2D eigenvalue weighted by Crippen LogP contribution is -2.38. The summed E-state index contributed by atoms with van der Waals surface area (Å²) in [6, 6.07) is 0.872. The SMILES string of the molecule is CN(C)CC1CC(O)CN1c1cc(C(F)(F)F)ncc1N. The number of pyridine rings is 1. The fraction of sp³-hybridized carbons (Fsp3) is 0.615. The standard InChI is InChI=1S/C13H19F3N4O/c1-19(2)6-8-3-9(21)7-20(8)11-4-12(13(14,15)16)18-5-10(11)17/h4-5,8-9,21H,3,6-7,17H2,1-2H3. The molecule has 2 atom stereocenters. The van der Waals surface area contributed by atoms with Crippen molar-refractivity contribution in [2.75, 3.05) is 37.8 Å². The first-order chi connectivity index (χ1) is 9.68. The van der Waals surface area contributed by atoms with E-state index >= 15 is 0 Å². The van der Waals surface area contributed by atoms with E-state index in [2.05, 4.69) is 4.98 Å². The first-order valence-corrected chi connectivity index (χ1v) is 6.60. The number of nitrogens with two attached hydrogens (primary N) is 1. The van der Waals surface area contributed by atoms with Gasteiger partial charge in [0, 0.05) is 19.1 Å². The van der Waals surface area contributed by atoms with Gasteiger partial charge in [-0.3, -0.25) is 0 Å². The number of hydrogen-bond donors (Lipinski definition) is 2. The second-order valence-electron chi connectivity index (χ2n) is 5.58. The minimum Gasteiger partial charge on any atom is -0.396 e. The molecule has 2 unspecified atom stereocenters.